The lowest BCUT2D eigenvalue weighted by molar-refractivity contribution is 0.0936. The third kappa shape index (κ3) is 5.81. The van der Waals surface area contributed by atoms with Crippen LogP contribution in [0.25, 0.3) is 0 Å². The molecule has 0 aromatic heterocycles. The van der Waals surface area contributed by atoms with Gasteiger partial charge >= 0.3 is 0 Å². The molecule has 1 atom stereocenters. The summed E-state index contributed by atoms with van der Waals surface area (Å²) in [6, 6.07) is 16.4. The van der Waals surface area contributed by atoms with Gasteiger partial charge in [0, 0.05) is 25.3 Å². The molecule has 7 heteroatoms. The molecule has 0 saturated carbocycles. The maximum Gasteiger partial charge on any atom is 0.191 e. The summed E-state index contributed by atoms with van der Waals surface area (Å²) in [7, 11) is 0. The van der Waals surface area contributed by atoms with Crippen molar-refractivity contribution < 1.29 is 9.47 Å². The average Bonchev–Trinajstić information content (AvgIpc) is 3.31. The summed E-state index contributed by atoms with van der Waals surface area (Å²) in [5.74, 6) is 2.38. The lowest BCUT2D eigenvalue weighted by atomic mass is 10.2. The van der Waals surface area contributed by atoms with E-state index in [1.165, 1.54) is 11.3 Å². The largest absolute Gasteiger partial charge is 0.486 e. The molecule has 2 heterocycles. The summed E-state index contributed by atoms with van der Waals surface area (Å²) in [6.45, 7) is 6.59. The van der Waals surface area contributed by atoms with Gasteiger partial charge in [-0.05, 0) is 36.8 Å². The zero-order valence-corrected chi connectivity index (χ0v) is 19.5. The van der Waals surface area contributed by atoms with Crippen LogP contribution in [0.2, 0.25) is 0 Å². The molecule has 4 rings (SSSR count). The minimum Gasteiger partial charge on any atom is -0.486 e. The van der Waals surface area contributed by atoms with Crippen LogP contribution >= 0.6 is 24.0 Å². The fraction of sp³-hybridized carbons (Fsp3) is 0.348. The molecule has 2 aliphatic rings. The topological polar surface area (TPSA) is 58.1 Å². The summed E-state index contributed by atoms with van der Waals surface area (Å²) < 4.78 is 11.8. The van der Waals surface area contributed by atoms with Gasteiger partial charge in [-0.15, -0.1) is 24.0 Å². The molecule has 6 nitrogen and oxygen atoms in total. The number of rotatable bonds is 6. The molecule has 0 spiro atoms. The number of benzene rings is 2. The number of guanidine groups is 1. The molecule has 2 N–H and O–H groups in total. The third-order valence-electron chi connectivity index (χ3n) is 4.92. The lowest BCUT2D eigenvalue weighted by Gasteiger charge is -2.27. The van der Waals surface area contributed by atoms with Gasteiger partial charge in [-0.1, -0.05) is 36.4 Å². The van der Waals surface area contributed by atoms with E-state index in [0.717, 1.165) is 37.1 Å². The van der Waals surface area contributed by atoms with Gasteiger partial charge in [0.05, 0.1) is 13.1 Å². The van der Waals surface area contributed by atoms with Crippen LogP contribution in [0.1, 0.15) is 12.5 Å². The lowest BCUT2D eigenvalue weighted by Crippen LogP contribution is -2.45. The molecule has 160 valence electrons. The summed E-state index contributed by atoms with van der Waals surface area (Å²) in [4.78, 5) is 7.09. The molecule has 2 aromatic rings. The van der Waals surface area contributed by atoms with Gasteiger partial charge < -0.3 is 25.0 Å². The summed E-state index contributed by atoms with van der Waals surface area (Å²) in [6.07, 6.45) is 4.35. The van der Waals surface area contributed by atoms with Gasteiger partial charge in [-0.3, -0.25) is 0 Å². The Balaban J connectivity index is 0.00000256. The van der Waals surface area contributed by atoms with Crippen molar-refractivity contribution in [1.29, 1.82) is 0 Å². The van der Waals surface area contributed by atoms with Crippen LogP contribution in [0.3, 0.4) is 0 Å². The number of aliphatic imine (C=N–C) groups is 1. The number of hydrogen-bond acceptors (Lipinski definition) is 4. The first-order valence-electron chi connectivity index (χ1n) is 10.2. The number of nitrogens with one attached hydrogen (secondary N) is 2. The van der Waals surface area contributed by atoms with Crippen LogP contribution in [-0.2, 0) is 6.54 Å². The van der Waals surface area contributed by atoms with E-state index in [1.807, 2.05) is 24.3 Å². The van der Waals surface area contributed by atoms with E-state index in [9.17, 15) is 0 Å². The molecule has 1 unspecified atom stereocenters. The maximum absolute atomic E-state index is 6.01. The van der Waals surface area contributed by atoms with Crippen LogP contribution < -0.4 is 25.0 Å². The average molecular weight is 520 g/mol. The first kappa shape index (κ1) is 22.3. The molecule has 2 aromatic carbocycles. The molecule has 0 saturated heterocycles. The molecule has 0 aliphatic carbocycles. The van der Waals surface area contributed by atoms with Crippen molar-refractivity contribution in [3.63, 3.8) is 0 Å². The van der Waals surface area contributed by atoms with Crippen LogP contribution in [0, 0.1) is 0 Å². The number of para-hydroxylation sites is 2. The Labute approximate surface area is 195 Å². The van der Waals surface area contributed by atoms with Crippen molar-refractivity contribution in [3.8, 4) is 11.5 Å². The fourth-order valence-corrected chi connectivity index (χ4v) is 3.43. The Bertz CT molecular complexity index is 879. The number of fused-ring (bicyclic) bond motifs is 1. The smallest absolute Gasteiger partial charge is 0.191 e. The Morgan fingerprint density at radius 1 is 1.07 bits per heavy atom. The van der Waals surface area contributed by atoms with E-state index in [1.54, 1.807) is 0 Å². The normalized spacial score (nSPS) is 17.4. The second-order valence-corrected chi connectivity index (χ2v) is 7.12. The Morgan fingerprint density at radius 3 is 2.67 bits per heavy atom. The van der Waals surface area contributed by atoms with E-state index in [4.69, 9.17) is 14.5 Å². The van der Waals surface area contributed by atoms with Gasteiger partial charge in [0.15, 0.2) is 17.5 Å². The van der Waals surface area contributed by atoms with Gasteiger partial charge in [0.1, 0.15) is 12.7 Å². The SMILES string of the molecule is CCNC(=NCc1cccc(N2CC=CC2)c1)NCC1COc2ccccc2O1.I. The predicted molar refractivity (Wildman–Crippen MR) is 132 cm³/mol. The number of hydrogen-bond donors (Lipinski definition) is 2. The highest BCUT2D eigenvalue weighted by Crippen LogP contribution is 2.30. The quantitative estimate of drug-likeness (QED) is 0.264. The van der Waals surface area contributed by atoms with E-state index < -0.39 is 0 Å². The van der Waals surface area contributed by atoms with Crippen LogP contribution in [0.4, 0.5) is 5.69 Å². The molecule has 0 radical (unpaired) electrons. The van der Waals surface area contributed by atoms with Crippen molar-refractivity contribution in [2.45, 2.75) is 19.6 Å². The predicted octanol–water partition coefficient (Wildman–Crippen LogP) is 3.58. The highest BCUT2D eigenvalue weighted by molar-refractivity contribution is 14.0. The molecule has 0 amide bonds. The Hall–Kier alpha value is -2.42. The van der Waals surface area contributed by atoms with Crippen LogP contribution in [0.15, 0.2) is 65.7 Å². The summed E-state index contributed by atoms with van der Waals surface area (Å²) in [5.41, 5.74) is 2.44. The Kier molecular flexibility index (Phi) is 8.24. The van der Waals surface area contributed by atoms with Gasteiger partial charge in [-0.2, -0.15) is 0 Å². The van der Waals surface area contributed by atoms with Crippen molar-refractivity contribution in [2.75, 3.05) is 37.7 Å². The second kappa shape index (κ2) is 11.1. The molecular weight excluding hydrogens is 491 g/mol. The highest BCUT2D eigenvalue weighted by Gasteiger charge is 2.20. The number of anilines is 1. The van der Waals surface area contributed by atoms with Gasteiger partial charge in [0.25, 0.3) is 0 Å². The monoisotopic (exact) mass is 520 g/mol. The number of nitrogens with zero attached hydrogens (tertiary/aromatic N) is 2. The zero-order chi connectivity index (χ0) is 19.9. The number of halogens is 1. The van der Waals surface area contributed by atoms with E-state index in [2.05, 4.69) is 58.9 Å². The zero-order valence-electron chi connectivity index (χ0n) is 17.2. The van der Waals surface area contributed by atoms with Crippen LogP contribution in [0.5, 0.6) is 11.5 Å². The third-order valence-corrected chi connectivity index (χ3v) is 4.92. The van der Waals surface area contributed by atoms with E-state index in [-0.39, 0.29) is 30.1 Å². The standard InChI is InChI=1S/C23H28N4O2.HI/c1-2-24-23(26-16-20-17-28-21-10-3-4-11-22(21)29-20)25-15-18-8-7-9-19(14-18)27-12-5-6-13-27;/h3-11,14,20H,2,12-13,15-17H2,1H3,(H2,24,25,26);1H. The Morgan fingerprint density at radius 2 is 1.87 bits per heavy atom. The van der Waals surface area contributed by atoms with Crippen molar-refractivity contribution in [1.82, 2.24) is 10.6 Å². The minimum absolute atomic E-state index is 0. The summed E-state index contributed by atoms with van der Waals surface area (Å²) in [5, 5.41) is 6.68. The van der Waals surface area contributed by atoms with E-state index in [0.29, 0.717) is 19.7 Å². The van der Waals surface area contributed by atoms with Crippen molar-refractivity contribution in [3.05, 3.63) is 66.2 Å². The minimum atomic E-state index is -0.0558. The highest BCUT2D eigenvalue weighted by atomic mass is 127. The molecular formula is C23H29IN4O2. The number of ether oxygens (including phenoxy) is 2. The van der Waals surface area contributed by atoms with Crippen molar-refractivity contribution >= 4 is 35.6 Å². The second-order valence-electron chi connectivity index (χ2n) is 7.12. The maximum atomic E-state index is 6.01. The molecule has 2 aliphatic heterocycles. The van der Waals surface area contributed by atoms with Crippen molar-refractivity contribution in [2.24, 2.45) is 4.99 Å². The van der Waals surface area contributed by atoms with Crippen LogP contribution in [-0.4, -0.2) is 44.8 Å². The molecule has 0 fully saturated rings. The summed E-state index contributed by atoms with van der Waals surface area (Å²) >= 11 is 0. The fourth-order valence-electron chi connectivity index (χ4n) is 3.43. The molecule has 30 heavy (non-hydrogen) atoms. The first-order valence-corrected chi connectivity index (χ1v) is 10.2. The van der Waals surface area contributed by atoms with E-state index >= 15 is 0 Å². The van der Waals surface area contributed by atoms with Gasteiger partial charge in [-0.25, -0.2) is 4.99 Å². The van der Waals surface area contributed by atoms with Gasteiger partial charge in [0.2, 0.25) is 0 Å². The first-order chi connectivity index (χ1) is 14.3. The molecule has 0 bridgehead atoms.